The van der Waals surface area contributed by atoms with E-state index in [-0.39, 0.29) is 0 Å². The third-order valence-corrected chi connectivity index (χ3v) is 4.19. The van der Waals surface area contributed by atoms with E-state index in [2.05, 4.69) is 28.8 Å². The highest BCUT2D eigenvalue weighted by Gasteiger charge is 2.25. The first kappa shape index (κ1) is 13.5. The quantitative estimate of drug-likeness (QED) is 0.916. The van der Waals surface area contributed by atoms with Gasteiger partial charge in [0, 0.05) is 31.7 Å². The molecule has 2 aromatic rings. The predicted molar refractivity (Wildman–Crippen MR) is 79.4 cm³/mol. The van der Waals surface area contributed by atoms with Gasteiger partial charge in [-0.25, -0.2) is 9.50 Å². The Morgan fingerprint density at radius 2 is 2.25 bits per heavy atom. The molecular weight excluding hydrogens is 250 g/mol. The molecule has 0 aromatic carbocycles. The number of likely N-dealkylation sites (tertiary alicyclic amines) is 1. The summed E-state index contributed by atoms with van der Waals surface area (Å²) >= 11 is 0. The smallest absolute Gasteiger partial charge is 0.155 e. The van der Waals surface area contributed by atoms with Crippen molar-refractivity contribution in [2.24, 2.45) is 11.7 Å². The Balaban J connectivity index is 1.72. The van der Waals surface area contributed by atoms with Crippen LogP contribution in [0.4, 0.5) is 0 Å². The highest BCUT2D eigenvalue weighted by atomic mass is 15.3. The number of hydrogen-bond acceptors (Lipinski definition) is 4. The van der Waals surface area contributed by atoms with Crippen LogP contribution in [-0.2, 0) is 13.0 Å². The fraction of sp³-hybridized carbons (Fsp3) is 0.600. The van der Waals surface area contributed by atoms with Gasteiger partial charge < -0.3 is 10.6 Å². The molecule has 20 heavy (non-hydrogen) atoms. The van der Waals surface area contributed by atoms with Gasteiger partial charge in [-0.2, -0.15) is 5.10 Å². The summed E-state index contributed by atoms with van der Waals surface area (Å²) < 4.78 is 1.85. The first-order valence-corrected chi connectivity index (χ1v) is 7.44. The van der Waals surface area contributed by atoms with Gasteiger partial charge in [0.15, 0.2) is 11.5 Å². The van der Waals surface area contributed by atoms with Crippen molar-refractivity contribution >= 4 is 5.65 Å². The molecule has 1 aliphatic heterocycles. The standard InChI is InChI=1S/C15H23N5/c1-11(2)19-6-5-12(9-19)7-14-17-15-4-3-13(8-16)10-20(15)18-14/h3-4,10-12H,5-9,16H2,1-2H3. The van der Waals surface area contributed by atoms with Crippen molar-refractivity contribution in [3.05, 3.63) is 29.7 Å². The molecule has 0 radical (unpaired) electrons. The molecule has 1 atom stereocenters. The Morgan fingerprint density at radius 1 is 1.40 bits per heavy atom. The van der Waals surface area contributed by atoms with Crippen LogP contribution in [0, 0.1) is 5.92 Å². The maximum Gasteiger partial charge on any atom is 0.155 e. The third-order valence-electron chi connectivity index (χ3n) is 4.19. The van der Waals surface area contributed by atoms with E-state index in [4.69, 9.17) is 5.73 Å². The Kier molecular flexibility index (Phi) is 3.72. The van der Waals surface area contributed by atoms with Crippen LogP contribution in [0.1, 0.15) is 31.7 Å². The topological polar surface area (TPSA) is 59.5 Å². The number of rotatable bonds is 4. The van der Waals surface area contributed by atoms with E-state index in [1.54, 1.807) is 0 Å². The summed E-state index contributed by atoms with van der Waals surface area (Å²) in [6.45, 7) is 7.44. The number of hydrogen-bond donors (Lipinski definition) is 1. The maximum atomic E-state index is 5.66. The van der Waals surface area contributed by atoms with Gasteiger partial charge in [-0.15, -0.1) is 0 Å². The largest absolute Gasteiger partial charge is 0.326 e. The second-order valence-electron chi connectivity index (χ2n) is 6.02. The first-order chi connectivity index (χ1) is 9.65. The summed E-state index contributed by atoms with van der Waals surface area (Å²) in [6.07, 6.45) is 4.20. The van der Waals surface area contributed by atoms with E-state index in [9.17, 15) is 0 Å². The highest BCUT2D eigenvalue weighted by Crippen LogP contribution is 2.21. The molecule has 2 N–H and O–H groups in total. The highest BCUT2D eigenvalue weighted by molar-refractivity contribution is 5.38. The summed E-state index contributed by atoms with van der Waals surface area (Å²) in [5.41, 5.74) is 7.65. The Bertz CT molecular complexity index is 589. The van der Waals surface area contributed by atoms with Gasteiger partial charge in [-0.05, 0) is 44.4 Å². The van der Waals surface area contributed by atoms with Gasteiger partial charge in [0.2, 0.25) is 0 Å². The van der Waals surface area contributed by atoms with Gasteiger partial charge in [-0.1, -0.05) is 6.07 Å². The summed E-state index contributed by atoms with van der Waals surface area (Å²) in [5.74, 6) is 1.64. The van der Waals surface area contributed by atoms with E-state index >= 15 is 0 Å². The molecule has 3 rings (SSSR count). The van der Waals surface area contributed by atoms with Crippen molar-refractivity contribution in [1.29, 1.82) is 0 Å². The monoisotopic (exact) mass is 273 g/mol. The van der Waals surface area contributed by atoms with Gasteiger partial charge in [0.25, 0.3) is 0 Å². The van der Waals surface area contributed by atoms with Crippen molar-refractivity contribution in [2.45, 2.75) is 39.3 Å². The molecule has 1 fully saturated rings. The van der Waals surface area contributed by atoms with Crippen LogP contribution >= 0.6 is 0 Å². The lowest BCUT2D eigenvalue weighted by molar-refractivity contribution is 0.264. The number of nitrogens with two attached hydrogens (primary N) is 1. The summed E-state index contributed by atoms with van der Waals surface area (Å²) in [4.78, 5) is 7.15. The van der Waals surface area contributed by atoms with E-state index in [1.165, 1.54) is 19.5 Å². The zero-order valence-electron chi connectivity index (χ0n) is 12.3. The second kappa shape index (κ2) is 5.50. The van der Waals surface area contributed by atoms with Crippen molar-refractivity contribution in [1.82, 2.24) is 19.5 Å². The molecule has 0 aliphatic carbocycles. The van der Waals surface area contributed by atoms with Crippen LogP contribution < -0.4 is 5.73 Å². The molecule has 108 valence electrons. The molecule has 5 heteroatoms. The Hall–Kier alpha value is -1.46. The lowest BCUT2D eigenvalue weighted by Gasteiger charge is -2.19. The first-order valence-electron chi connectivity index (χ1n) is 7.44. The molecule has 1 saturated heterocycles. The summed E-state index contributed by atoms with van der Waals surface area (Å²) in [6, 6.07) is 4.65. The zero-order chi connectivity index (χ0) is 14.1. The van der Waals surface area contributed by atoms with Crippen LogP contribution in [0.25, 0.3) is 5.65 Å². The minimum Gasteiger partial charge on any atom is -0.326 e. The van der Waals surface area contributed by atoms with Crippen molar-refractivity contribution in [3.63, 3.8) is 0 Å². The Labute approximate surface area is 119 Å². The molecule has 1 aliphatic rings. The number of pyridine rings is 1. The van der Waals surface area contributed by atoms with Gasteiger partial charge >= 0.3 is 0 Å². The van der Waals surface area contributed by atoms with E-state index in [1.807, 2.05) is 22.8 Å². The van der Waals surface area contributed by atoms with Crippen LogP contribution in [0.2, 0.25) is 0 Å². The number of fused-ring (bicyclic) bond motifs is 1. The molecule has 0 spiro atoms. The lowest BCUT2D eigenvalue weighted by Crippen LogP contribution is -2.28. The van der Waals surface area contributed by atoms with Gasteiger partial charge in [0.05, 0.1) is 0 Å². The summed E-state index contributed by atoms with van der Waals surface area (Å²) in [7, 11) is 0. The fourth-order valence-electron chi connectivity index (χ4n) is 2.94. The maximum absolute atomic E-state index is 5.66. The predicted octanol–water partition coefficient (Wildman–Crippen LogP) is 1.46. The van der Waals surface area contributed by atoms with E-state index in [0.717, 1.165) is 23.5 Å². The van der Waals surface area contributed by atoms with E-state index < -0.39 is 0 Å². The van der Waals surface area contributed by atoms with Crippen molar-refractivity contribution in [3.8, 4) is 0 Å². The Morgan fingerprint density at radius 3 is 2.95 bits per heavy atom. The minimum absolute atomic E-state index is 0.539. The molecule has 2 aromatic heterocycles. The number of nitrogens with zero attached hydrogens (tertiary/aromatic N) is 4. The van der Waals surface area contributed by atoms with Crippen molar-refractivity contribution in [2.75, 3.05) is 13.1 Å². The molecule has 0 amide bonds. The van der Waals surface area contributed by atoms with Crippen LogP contribution in [0.15, 0.2) is 18.3 Å². The lowest BCUT2D eigenvalue weighted by atomic mass is 10.1. The average molecular weight is 273 g/mol. The molecule has 5 nitrogen and oxygen atoms in total. The van der Waals surface area contributed by atoms with E-state index in [0.29, 0.717) is 18.5 Å². The minimum atomic E-state index is 0.539. The van der Waals surface area contributed by atoms with Crippen LogP contribution in [0.5, 0.6) is 0 Å². The molecular formula is C15H23N5. The third kappa shape index (κ3) is 2.69. The molecule has 0 saturated carbocycles. The second-order valence-corrected chi connectivity index (χ2v) is 6.02. The normalized spacial score (nSPS) is 20.3. The van der Waals surface area contributed by atoms with Crippen LogP contribution in [0.3, 0.4) is 0 Å². The fourth-order valence-corrected chi connectivity index (χ4v) is 2.94. The molecule has 3 heterocycles. The average Bonchev–Trinajstić information content (AvgIpc) is 3.04. The molecule has 0 bridgehead atoms. The summed E-state index contributed by atoms with van der Waals surface area (Å²) in [5, 5.41) is 4.59. The van der Waals surface area contributed by atoms with Gasteiger partial charge in [0.1, 0.15) is 0 Å². The molecule has 1 unspecified atom stereocenters. The SMILES string of the molecule is CC(C)N1CCC(Cc2nc3ccc(CN)cn3n2)C1. The van der Waals surface area contributed by atoms with Crippen molar-refractivity contribution < 1.29 is 0 Å². The van der Waals surface area contributed by atoms with Crippen LogP contribution in [-0.4, -0.2) is 38.6 Å². The number of aromatic nitrogens is 3. The zero-order valence-corrected chi connectivity index (χ0v) is 12.3. The van der Waals surface area contributed by atoms with Gasteiger partial charge in [-0.3, -0.25) is 0 Å².